The third-order valence-corrected chi connectivity index (χ3v) is 3.26. The molecule has 1 aromatic carbocycles. The first kappa shape index (κ1) is 13.3. The monoisotopic (exact) mass is 276 g/mol. The summed E-state index contributed by atoms with van der Waals surface area (Å²) in [7, 11) is 0. The minimum Gasteiger partial charge on any atom is -0.459 e. The Hall–Kier alpha value is -1.16. The summed E-state index contributed by atoms with van der Waals surface area (Å²) in [5.41, 5.74) is -0.302. The van der Waals surface area contributed by atoms with Gasteiger partial charge in [0.2, 0.25) is 0 Å². The Bertz CT molecular complexity index is 584. The second-order valence-corrected chi connectivity index (χ2v) is 4.62. The van der Waals surface area contributed by atoms with Gasteiger partial charge in [-0.1, -0.05) is 24.9 Å². The summed E-state index contributed by atoms with van der Waals surface area (Å²) >= 11 is 5.97. The van der Waals surface area contributed by atoms with Crippen LogP contribution in [0.1, 0.15) is 30.2 Å². The standard InChI is InChI=1S/C13H12ClF3O/c1-3-4-8-5-9-11(14)7(2)18-12(9)10(6-8)13(15,16)17/h5-6H,3-4H2,1-2H3. The van der Waals surface area contributed by atoms with E-state index in [0.717, 1.165) is 12.5 Å². The summed E-state index contributed by atoms with van der Waals surface area (Å²) in [4.78, 5) is 0. The average molecular weight is 277 g/mol. The van der Waals surface area contributed by atoms with Crippen LogP contribution in [-0.4, -0.2) is 0 Å². The lowest BCUT2D eigenvalue weighted by Gasteiger charge is -2.09. The number of halogens is 4. The lowest BCUT2D eigenvalue weighted by atomic mass is 10.0. The molecule has 1 aromatic heterocycles. The van der Waals surface area contributed by atoms with E-state index in [0.29, 0.717) is 23.1 Å². The maximum Gasteiger partial charge on any atom is 0.420 e. The number of hydrogen-bond donors (Lipinski definition) is 0. The molecule has 0 atom stereocenters. The molecule has 0 radical (unpaired) electrons. The second kappa shape index (κ2) is 4.50. The van der Waals surface area contributed by atoms with Crippen LogP contribution in [0.25, 0.3) is 11.0 Å². The molecule has 2 rings (SSSR count). The maximum atomic E-state index is 13.0. The number of fused-ring (bicyclic) bond motifs is 1. The highest BCUT2D eigenvalue weighted by molar-refractivity contribution is 6.36. The van der Waals surface area contributed by atoms with Crippen LogP contribution >= 0.6 is 11.6 Å². The molecule has 0 bridgehead atoms. The molecule has 0 spiro atoms. The van der Waals surface area contributed by atoms with Gasteiger partial charge in [0.05, 0.1) is 10.6 Å². The van der Waals surface area contributed by atoms with E-state index in [9.17, 15) is 13.2 Å². The van der Waals surface area contributed by atoms with Gasteiger partial charge < -0.3 is 4.42 Å². The number of rotatable bonds is 2. The van der Waals surface area contributed by atoms with Crippen molar-refractivity contribution in [3.63, 3.8) is 0 Å². The Morgan fingerprint density at radius 3 is 2.50 bits per heavy atom. The van der Waals surface area contributed by atoms with Crippen LogP contribution in [0.4, 0.5) is 13.2 Å². The first-order chi connectivity index (χ1) is 8.34. The van der Waals surface area contributed by atoms with Crippen molar-refractivity contribution in [1.82, 2.24) is 0 Å². The molecule has 1 heterocycles. The van der Waals surface area contributed by atoms with E-state index >= 15 is 0 Å². The third-order valence-electron chi connectivity index (χ3n) is 2.79. The lowest BCUT2D eigenvalue weighted by Crippen LogP contribution is -2.06. The van der Waals surface area contributed by atoms with Gasteiger partial charge in [-0.25, -0.2) is 0 Å². The zero-order chi connectivity index (χ0) is 13.5. The van der Waals surface area contributed by atoms with Gasteiger partial charge in [-0.05, 0) is 31.0 Å². The molecule has 98 valence electrons. The Balaban J connectivity index is 2.77. The first-order valence-corrected chi connectivity index (χ1v) is 6.01. The average Bonchev–Trinajstić information content (AvgIpc) is 2.54. The second-order valence-electron chi connectivity index (χ2n) is 4.24. The van der Waals surface area contributed by atoms with Crippen molar-refractivity contribution in [2.24, 2.45) is 0 Å². The summed E-state index contributed by atoms with van der Waals surface area (Å²) < 4.78 is 44.1. The highest BCUT2D eigenvalue weighted by Gasteiger charge is 2.35. The first-order valence-electron chi connectivity index (χ1n) is 5.63. The Morgan fingerprint density at radius 1 is 1.28 bits per heavy atom. The molecule has 0 saturated heterocycles. The highest BCUT2D eigenvalue weighted by Crippen LogP contribution is 2.40. The Labute approximate surface area is 108 Å². The third kappa shape index (κ3) is 2.21. The van der Waals surface area contributed by atoms with E-state index in [2.05, 4.69) is 0 Å². The predicted molar refractivity (Wildman–Crippen MR) is 65.0 cm³/mol. The molecule has 0 amide bonds. The number of aryl methyl sites for hydroxylation is 2. The summed E-state index contributed by atoms with van der Waals surface area (Å²) in [5.74, 6) is 0.311. The van der Waals surface area contributed by atoms with Crippen LogP contribution < -0.4 is 0 Å². The van der Waals surface area contributed by atoms with E-state index < -0.39 is 11.7 Å². The summed E-state index contributed by atoms with van der Waals surface area (Å²) in [6.45, 7) is 3.47. The van der Waals surface area contributed by atoms with Gasteiger partial charge in [-0.15, -0.1) is 0 Å². The smallest absolute Gasteiger partial charge is 0.420 e. The molecule has 0 aliphatic heterocycles. The molecule has 0 N–H and O–H groups in total. The highest BCUT2D eigenvalue weighted by atomic mass is 35.5. The van der Waals surface area contributed by atoms with Gasteiger partial charge >= 0.3 is 6.18 Å². The molecular formula is C13H12ClF3O. The molecule has 5 heteroatoms. The predicted octanol–water partition coefficient (Wildman–Crippen LogP) is 5.37. The van der Waals surface area contributed by atoms with Crippen molar-refractivity contribution in [3.8, 4) is 0 Å². The molecular weight excluding hydrogens is 265 g/mol. The Kier molecular flexibility index (Phi) is 3.32. The molecule has 0 aliphatic carbocycles. The molecule has 0 saturated carbocycles. The quantitative estimate of drug-likeness (QED) is 0.719. The fraction of sp³-hybridized carbons (Fsp3) is 0.385. The fourth-order valence-electron chi connectivity index (χ4n) is 1.99. The molecule has 0 aliphatic rings. The van der Waals surface area contributed by atoms with Crippen molar-refractivity contribution in [2.45, 2.75) is 32.9 Å². The van der Waals surface area contributed by atoms with E-state index in [4.69, 9.17) is 16.0 Å². The largest absolute Gasteiger partial charge is 0.459 e. The van der Waals surface area contributed by atoms with Crippen molar-refractivity contribution < 1.29 is 17.6 Å². The topological polar surface area (TPSA) is 13.1 Å². The minimum atomic E-state index is -4.43. The zero-order valence-electron chi connectivity index (χ0n) is 9.99. The van der Waals surface area contributed by atoms with Gasteiger partial charge in [-0.2, -0.15) is 13.2 Å². The summed E-state index contributed by atoms with van der Waals surface area (Å²) in [6.07, 6.45) is -3.08. The fourth-order valence-corrected chi connectivity index (χ4v) is 2.17. The van der Waals surface area contributed by atoms with Crippen LogP contribution in [0.5, 0.6) is 0 Å². The number of hydrogen-bond acceptors (Lipinski definition) is 1. The Morgan fingerprint density at radius 2 is 1.94 bits per heavy atom. The van der Waals surface area contributed by atoms with Crippen molar-refractivity contribution >= 4 is 22.6 Å². The van der Waals surface area contributed by atoms with E-state index in [1.54, 1.807) is 13.0 Å². The normalized spacial score (nSPS) is 12.3. The van der Waals surface area contributed by atoms with Gasteiger partial charge in [0.25, 0.3) is 0 Å². The van der Waals surface area contributed by atoms with Gasteiger partial charge in [0.15, 0.2) is 0 Å². The maximum absolute atomic E-state index is 13.0. The number of furan rings is 1. The van der Waals surface area contributed by atoms with Crippen molar-refractivity contribution in [1.29, 1.82) is 0 Å². The zero-order valence-corrected chi connectivity index (χ0v) is 10.7. The van der Waals surface area contributed by atoms with Gasteiger partial charge in [-0.3, -0.25) is 0 Å². The van der Waals surface area contributed by atoms with Crippen LogP contribution in [-0.2, 0) is 12.6 Å². The minimum absolute atomic E-state index is 0.176. The molecule has 18 heavy (non-hydrogen) atoms. The molecule has 0 unspecified atom stereocenters. The number of alkyl halides is 3. The van der Waals surface area contributed by atoms with E-state index in [-0.39, 0.29) is 10.6 Å². The van der Waals surface area contributed by atoms with Crippen molar-refractivity contribution in [2.75, 3.05) is 0 Å². The van der Waals surface area contributed by atoms with Crippen LogP contribution in [0.2, 0.25) is 5.02 Å². The molecule has 1 nitrogen and oxygen atoms in total. The summed E-state index contributed by atoms with van der Waals surface area (Å²) in [6, 6.07) is 2.82. The molecule has 2 aromatic rings. The van der Waals surface area contributed by atoms with E-state index in [1.807, 2.05) is 6.92 Å². The van der Waals surface area contributed by atoms with Crippen molar-refractivity contribution in [3.05, 3.63) is 34.0 Å². The van der Waals surface area contributed by atoms with Crippen LogP contribution in [0, 0.1) is 6.92 Å². The SMILES string of the molecule is CCCc1cc(C(F)(F)F)c2oc(C)c(Cl)c2c1. The molecule has 0 fully saturated rings. The number of benzene rings is 1. The van der Waals surface area contributed by atoms with Crippen LogP contribution in [0.3, 0.4) is 0 Å². The lowest BCUT2D eigenvalue weighted by molar-refractivity contribution is -0.136. The summed E-state index contributed by atoms with van der Waals surface area (Å²) in [5, 5.41) is 0.598. The van der Waals surface area contributed by atoms with E-state index in [1.165, 1.54) is 0 Å². The van der Waals surface area contributed by atoms with Gasteiger partial charge in [0, 0.05) is 5.39 Å². The van der Waals surface area contributed by atoms with Crippen LogP contribution in [0.15, 0.2) is 16.5 Å². The van der Waals surface area contributed by atoms with Gasteiger partial charge in [0.1, 0.15) is 11.3 Å².